The predicted molar refractivity (Wildman–Crippen MR) is 123 cm³/mol. The van der Waals surface area contributed by atoms with Crippen LogP contribution in [0.4, 0.5) is 4.79 Å². The lowest BCUT2D eigenvalue weighted by atomic mass is 10.0. The van der Waals surface area contributed by atoms with Gasteiger partial charge in [0.2, 0.25) is 5.91 Å². The number of carbonyl (C=O) groups is 4. The Bertz CT molecular complexity index is 950. The van der Waals surface area contributed by atoms with Gasteiger partial charge in [-0.3, -0.25) is 9.59 Å². The van der Waals surface area contributed by atoms with Crippen LogP contribution in [0.25, 0.3) is 0 Å². The lowest BCUT2D eigenvalue weighted by molar-refractivity contribution is -0.149. The smallest absolute Gasteiger partial charge is 0.408 e. The van der Waals surface area contributed by atoms with E-state index in [-0.39, 0.29) is 19.4 Å². The second-order valence-corrected chi connectivity index (χ2v) is 7.69. The van der Waals surface area contributed by atoms with Crippen molar-refractivity contribution in [3.63, 3.8) is 0 Å². The van der Waals surface area contributed by atoms with Gasteiger partial charge in [0, 0.05) is 6.42 Å². The molecule has 0 saturated heterocycles. The number of methoxy groups -OCH3 is 2. The molecule has 2 N–H and O–H groups in total. The molecular weight excluding hydrogens is 440 g/mol. The number of hydrogen-bond acceptors (Lipinski definition) is 7. The van der Waals surface area contributed by atoms with E-state index in [0.29, 0.717) is 0 Å². The van der Waals surface area contributed by atoms with Crippen LogP contribution in [0.5, 0.6) is 0 Å². The fourth-order valence-corrected chi connectivity index (χ4v) is 3.25. The number of nitrogens with one attached hydrogen (secondary N) is 2. The van der Waals surface area contributed by atoms with Crippen LogP contribution in [-0.2, 0) is 41.6 Å². The number of benzene rings is 2. The number of esters is 2. The standard InChI is InChI=1S/C25H30N2O7/c1-17(23(29)32-2)14-21(24(30)33-3)26-22(28)20(15-18-10-6-4-7-11-18)27-25(31)34-16-19-12-8-5-9-13-19/h4-13,17,20-21H,14-16H2,1-3H3,(H,26,28)(H,27,31)/t17-,20-,21-/m0/s1. The maximum Gasteiger partial charge on any atom is 0.408 e. The zero-order chi connectivity index (χ0) is 24.9. The first-order valence-corrected chi connectivity index (χ1v) is 10.8. The average molecular weight is 471 g/mol. The van der Waals surface area contributed by atoms with Crippen LogP contribution in [0, 0.1) is 5.92 Å². The van der Waals surface area contributed by atoms with E-state index in [1.165, 1.54) is 14.2 Å². The van der Waals surface area contributed by atoms with Crippen molar-refractivity contribution in [2.24, 2.45) is 5.92 Å². The molecule has 0 aliphatic rings. The molecule has 9 nitrogen and oxygen atoms in total. The van der Waals surface area contributed by atoms with E-state index in [2.05, 4.69) is 10.6 Å². The first kappa shape index (κ1) is 26.4. The fraction of sp³-hybridized carbons (Fsp3) is 0.360. The molecule has 2 aromatic rings. The third kappa shape index (κ3) is 8.57. The third-order valence-corrected chi connectivity index (χ3v) is 5.10. The van der Waals surface area contributed by atoms with E-state index in [4.69, 9.17) is 14.2 Å². The van der Waals surface area contributed by atoms with E-state index in [0.717, 1.165) is 11.1 Å². The van der Waals surface area contributed by atoms with Crippen LogP contribution in [0.15, 0.2) is 60.7 Å². The SMILES string of the molecule is COC(=O)[C@H](C[C@H](C)C(=O)OC)NC(=O)[C@H](Cc1ccccc1)NC(=O)OCc1ccccc1. The lowest BCUT2D eigenvalue weighted by Gasteiger charge is -2.23. The molecule has 3 atom stereocenters. The molecule has 0 spiro atoms. The minimum atomic E-state index is -1.10. The highest BCUT2D eigenvalue weighted by Crippen LogP contribution is 2.11. The Labute approximate surface area is 198 Å². The highest BCUT2D eigenvalue weighted by molar-refractivity contribution is 5.90. The molecule has 34 heavy (non-hydrogen) atoms. The number of amides is 2. The van der Waals surface area contributed by atoms with Crippen molar-refractivity contribution >= 4 is 23.9 Å². The number of carbonyl (C=O) groups excluding carboxylic acids is 4. The summed E-state index contributed by atoms with van der Waals surface area (Å²) in [5.41, 5.74) is 1.59. The van der Waals surface area contributed by atoms with Gasteiger partial charge in [-0.05, 0) is 17.5 Å². The van der Waals surface area contributed by atoms with E-state index < -0.39 is 41.9 Å². The Morgan fingerprint density at radius 1 is 0.765 bits per heavy atom. The van der Waals surface area contributed by atoms with Crippen molar-refractivity contribution < 1.29 is 33.4 Å². The van der Waals surface area contributed by atoms with Gasteiger partial charge in [-0.1, -0.05) is 67.6 Å². The van der Waals surface area contributed by atoms with Gasteiger partial charge >= 0.3 is 18.0 Å². The highest BCUT2D eigenvalue weighted by atomic mass is 16.5. The van der Waals surface area contributed by atoms with E-state index in [1.54, 1.807) is 6.92 Å². The summed E-state index contributed by atoms with van der Waals surface area (Å²) >= 11 is 0. The van der Waals surface area contributed by atoms with Crippen molar-refractivity contribution in [2.75, 3.05) is 14.2 Å². The van der Waals surface area contributed by atoms with Gasteiger partial charge in [-0.15, -0.1) is 0 Å². The van der Waals surface area contributed by atoms with Crippen molar-refractivity contribution in [1.29, 1.82) is 0 Å². The molecule has 0 bridgehead atoms. The van der Waals surface area contributed by atoms with Gasteiger partial charge in [-0.2, -0.15) is 0 Å². The molecule has 0 saturated carbocycles. The first-order valence-electron chi connectivity index (χ1n) is 10.8. The molecule has 2 rings (SSSR count). The summed E-state index contributed by atoms with van der Waals surface area (Å²) in [6.07, 6.45) is -0.646. The number of rotatable bonds is 11. The van der Waals surface area contributed by atoms with Gasteiger partial charge in [0.05, 0.1) is 20.1 Å². The quantitative estimate of drug-likeness (QED) is 0.382. The van der Waals surface area contributed by atoms with Crippen LogP contribution in [0.3, 0.4) is 0 Å². The summed E-state index contributed by atoms with van der Waals surface area (Å²) in [6, 6.07) is 16.1. The van der Waals surface area contributed by atoms with Crippen LogP contribution in [0.2, 0.25) is 0 Å². The van der Waals surface area contributed by atoms with Crippen molar-refractivity contribution in [1.82, 2.24) is 10.6 Å². The number of ether oxygens (including phenoxy) is 3. The van der Waals surface area contributed by atoms with Crippen LogP contribution in [-0.4, -0.2) is 50.2 Å². The zero-order valence-electron chi connectivity index (χ0n) is 19.5. The van der Waals surface area contributed by atoms with Gasteiger partial charge < -0.3 is 24.8 Å². The second kappa shape index (κ2) is 13.6. The van der Waals surface area contributed by atoms with Crippen molar-refractivity contribution in [3.05, 3.63) is 71.8 Å². The molecule has 0 heterocycles. The number of alkyl carbamates (subject to hydrolysis) is 1. The Morgan fingerprint density at radius 2 is 1.32 bits per heavy atom. The Kier molecular flexibility index (Phi) is 10.6. The second-order valence-electron chi connectivity index (χ2n) is 7.69. The normalized spacial score (nSPS) is 13.0. The highest BCUT2D eigenvalue weighted by Gasteiger charge is 2.31. The van der Waals surface area contributed by atoms with Gasteiger partial charge in [-0.25, -0.2) is 9.59 Å². The zero-order valence-corrected chi connectivity index (χ0v) is 19.5. The molecule has 0 aliphatic carbocycles. The van der Waals surface area contributed by atoms with E-state index in [9.17, 15) is 19.2 Å². The Balaban J connectivity index is 2.11. The number of hydrogen-bond donors (Lipinski definition) is 2. The maximum absolute atomic E-state index is 13.1. The molecular formula is C25H30N2O7. The van der Waals surface area contributed by atoms with E-state index in [1.807, 2.05) is 60.7 Å². The summed E-state index contributed by atoms with van der Waals surface area (Å²) in [5, 5.41) is 5.15. The van der Waals surface area contributed by atoms with E-state index >= 15 is 0 Å². The summed E-state index contributed by atoms with van der Waals surface area (Å²) < 4.78 is 14.7. The lowest BCUT2D eigenvalue weighted by Crippen LogP contribution is -2.53. The molecule has 0 aromatic heterocycles. The molecule has 0 fully saturated rings. The Hall–Kier alpha value is -3.88. The van der Waals surface area contributed by atoms with Crippen molar-refractivity contribution in [2.45, 2.75) is 38.5 Å². The van der Waals surface area contributed by atoms with Crippen LogP contribution < -0.4 is 10.6 Å². The summed E-state index contributed by atoms with van der Waals surface area (Å²) in [5.74, 6) is -2.51. The maximum atomic E-state index is 13.1. The van der Waals surface area contributed by atoms with Gasteiger partial charge in [0.25, 0.3) is 0 Å². The minimum Gasteiger partial charge on any atom is -0.469 e. The summed E-state index contributed by atoms with van der Waals surface area (Å²) in [7, 11) is 2.43. The molecule has 0 aliphatic heterocycles. The molecule has 2 aromatic carbocycles. The van der Waals surface area contributed by atoms with Gasteiger partial charge in [0.15, 0.2) is 0 Å². The fourth-order valence-electron chi connectivity index (χ4n) is 3.25. The monoisotopic (exact) mass is 470 g/mol. The largest absolute Gasteiger partial charge is 0.469 e. The Morgan fingerprint density at radius 3 is 1.88 bits per heavy atom. The molecule has 0 unspecified atom stereocenters. The third-order valence-electron chi connectivity index (χ3n) is 5.10. The topological polar surface area (TPSA) is 120 Å². The van der Waals surface area contributed by atoms with Crippen molar-refractivity contribution in [3.8, 4) is 0 Å². The average Bonchev–Trinajstić information content (AvgIpc) is 2.86. The summed E-state index contributed by atoms with van der Waals surface area (Å²) in [6.45, 7) is 1.61. The van der Waals surface area contributed by atoms with Crippen LogP contribution >= 0.6 is 0 Å². The minimum absolute atomic E-state index is 0.0262. The molecule has 2 amide bonds. The van der Waals surface area contributed by atoms with Crippen LogP contribution in [0.1, 0.15) is 24.5 Å². The summed E-state index contributed by atoms with van der Waals surface area (Å²) in [4.78, 5) is 49.6. The molecule has 182 valence electrons. The predicted octanol–water partition coefficient (Wildman–Crippen LogP) is 2.38. The molecule has 0 radical (unpaired) electrons. The first-order chi connectivity index (χ1) is 16.3. The molecule has 9 heteroatoms. The van der Waals surface area contributed by atoms with Gasteiger partial charge in [0.1, 0.15) is 18.7 Å².